The van der Waals surface area contributed by atoms with Gasteiger partial charge < -0.3 is 20.1 Å². The number of nitrogens with zero attached hydrogens (tertiary/aromatic N) is 6. The maximum atomic E-state index is 11.8. The van der Waals surface area contributed by atoms with Gasteiger partial charge in [-0.2, -0.15) is 5.10 Å². The number of alkyl carbamates (subject to hydrolysis) is 1. The molecule has 1 aliphatic rings. The third kappa shape index (κ3) is 4.60. The highest BCUT2D eigenvalue weighted by Gasteiger charge is 2.31. The fraction of sp³-hybridized carbons (Fsp3) is 0.333. The van der Waals surface area contributed by atoms with Crippen molar-refractivity contribution in [3.63, 3.8) is 0 Å². The Morgan fingerprint density at radius 1 is 1.30 bits per heavy atom. The number of amides is 1. The van der Waals surface area contributed by atoms with Gasteiger partial charge in [0.1, 0.15) is 24.2 Å². The number of carbonyl (C=O) groups is 1. The number of aromatic amines is 1. The molecule has 0 radical (unpaired) electrons. The number of rotatable bonds is 6. The van der Waals surface area contributed by atoms with E-state index in [1.165, 1.54) is 6.33 Å². The van der Waals surface area contributed by atoms with Gasteiger partial charge in [0.15, 0.2) is 5.82 Å². The highest BCUT2D eigenvalue weighted by atomic mass is 16.6. The lowest BCUT2D eigenvalue weighted by molar-refractivity contribution is 0.0682. The maximum Gasteiger partial charge on any atom is 0.407 e. The molecule has 0 aromatic carbocycles. The number of nitrogens with one attached hydrogen (secondary N) is 3. The van der Waals surface area contributed by atoms with Crippen molar-refractivity contribution in [2.45, 2.75) is 38.5 Å². The Morgan fingerprint density at radius 3 is 2.97 bits per heavy atom. The number of ether oxygens (including phenoxy) is 2. The Balaban J connectivity index is 1.31. The van der Waals surface area contributed by atoms with E-state index in [1.54, 1.807) is 18.6 Å². The lowest BCUT2D eigenvalue weighted by Gasteiger charge is -2.13. The summed E-state index contributed by atoms with van der Waals surface area (Å²) in [5, 5.41) is 13.3. The summed E-state index contributed by atoms with van der Waals surface area (Å²) < 4.78 is 13.0. The van der Waals surface area contributed by atoms with Crippen LogP contribution in [0, 0.1) is 0 Å². The van der Waals surface area contributed by atoms with Crippen LogP contribution < -0.4 is 10.6 Å². The van der Waals surface area contributed by atoms with Crippen LogP contribution in [0.2, 0.25) is 0 Å². The second kappa shape index (κ2) is 8.82. The minimum atomic E-state index is -0.440. The first-order chi connectivity index (χ1) is 16.0. The van der Waals surface area contributed by atoms with Gasteiger partial charge in [0, 0.05) is 54.9 Å². The van der Waals surface area contributed by atoms with Crippen LogP contribution in [0.1, 0.15) is 32.1 Å². The van der Waals surface area contributed by atoms with E-state index in [-0.39, 0.29) is 18.2 Å². The molecule has 12 heteroatoms. The van der Waals surface area contributed by atoms with E-state index < -0.39 is 6.09 Å². The molecule has 0 spiro atoms. The molecular weight excluding hydrogens is 426 g/mol. The van der Waals surface area contributed by atoms with Crippen LogP contribution in [0.25, 0.3) is 16.9 Å². The van der Waals surface area contributed by atoms with Crippen LogP contribution >= 0.6 is 0 Å². The van der Waals surface area contributed by atoms with E-state index in [0.29, 0.717) is 30.5 Å². The monoisotopic (exact) mass is 449 g/mol. The summed E-state index contributed by atoms with van der Waals surface area (Å²) in [6, 6.07) is 3.73. The summed E-state index contributed by atoms with van der Waals surface area (Å²) in [6.45, 7) is 4.09. The van der Waals surface area contributed by atoms with Crippen LogP contribution in [0.3, 0.4) is 0 Å². The van der Waals surface area contributed by atoms with Crippen molar-refractivity contribution in [3.8, 4) is 11.3 Å². The van der Waals surface area contributed by atoms with Gasteiger partial charge in [-0.3, -0.25) is 9.50 Å². The maximum absolute atomic E-state index is 11.8. The number of H-pyrrole nitrogens is 1. The Hall–Kier alpha value is -4.06. The average molecular weight is 449 g/mol. The van der Waals surface area contributed by atoms with Crippen molar-refractivity contribution in [2.75, 3.05) is 11.9 Å². The minimum absolute atomic E-state index is 0.0142. The lowest BCUT2D eigenvalue weighted by Crippen LogP contribution is -2.33. The first-order valence-corrected chi connectivity index (χ1v) is 10.6. The molecule has 0 aliphatic carbocycles. The SMILES string of the molecule is CC(C)NC(=O)OC1COC(c2cc(Nc3nc(-c4cncnc4)cc4nccn34)n[nH]2)C1. The zero-order chi connectivity index (χ0) is 22.8. The van der Waals surface area contributed by atoms with Gasteiger partial charge in [0.2, 0.25) is 5.95 Å². The van der Waals surface area contributed by atoms with Crippen molar-refractivity contribution >= 4 is 23.5 Å². The second-order valence-corrected chi connectivity index (χ2v) is 7.97. The summed E-state index contributed by atoms with van der Waals surface area (Å²) in [5.74, 6) is 1.11. The van der Waals surface area contributed by atoms with E-state index >= 15 is 0 Å². The summed E-state index contributed by atoms with van der Waals surface area (Å²) in [7, 11) is 0. The van der Waals surface area contributed by atoms with E-state index in [1.807, 2.05) is 36.6 Å². The zero-order valence-electron chi connectivity index (χ0n) is 18.1. The molecule has 0 saturated carbocycles. The number of carbonyl (C=O) groups excluding carboxylic acids is 1. The molecule has 4 aromatic heterocycles. The van der Waals surface area contributed by atoms with E-state index in [4.69, 9.17) is 14.5 Å². The molecule has 2 atom stereocenters. The van der Waals surface area contributed by atoms with Crippen LogP contribution in [-0.2, 0) is 9.47 Å². The Labute approximate surface area is 188 Å². The number of imidazole rings is 1. The fourth-order valence-corrected chi connectivity index (χ4v) is 3.59. The highest BCUT2D eigenvalue weighted by molar-refractivity contribution is 5.68. The highest BCUT2D eigenvalue weighted by Crippen LogP contribution is 2.31. The molecule has 1 fully saturated rings. The van der Waals surface area contributed by atoms with Gasteiger partial charge in [0.05, 0.1) is 18.0 Å². The van der Waals surface area contributed by atoms with E-state index in [9.17, 15) is 4.79 Å². The molecular formula is C21H23N9O3. The van der Waals surface area contributed by atoms with Crippen molar-refractivity contribution in [3.05, 3.63) is 48.9 Å². The Bertz CT molecular complexity index is 1250. The van der Waals surface area contributed by atoms with Gasteiger partial charge in [-0.25, -0.2) is 24.7 Å². The first-order valence-electron chi connectivity index (χ1n) is 10.6. The van der Waals surface area contributed by atoms with Gasteiger partial charge in [-0.1, -0.05) is 0 Å². The quantitative estimate of drug-likeness (QED) is 0.404. The van der Waals surface area contributed by atoms with Gasteiger partial charge in [-0.15, -0.1) is 0 Å². The number of hydrogen-bond donors (Lipinski definition) is 3. The molecule has 5 heterocycles. The van der Waals surface area contributed by atoms with Crippen molar-refractivity contribution < 1.29 is 14.3 Å². The molecule has 4 aromatic rings. The predicted molar refractivity (Wildman–Crippen MR) is 118 cm³/mol. The van der Waals surface area contributed by atoms with Crippen LogP contribution in [-0.4, -0.2) is 59.4 Å². The van der Waals surface area contributed by atoms with Crippen molar-refractivity contribution in [1.29, 1.82) is 0 Å². The molecule has 1 amide bonds. The van der Waals surface area contributed by atoms with E-state index in [2.05, 4.69) is 35.8 Å². The second-order valence-electron chi connectivity index (χ2n) is 7.97. The molecule has 33 heavy (non-hydrogen) atoms. The summed E-state index contributed by atoms with van der Waals surface area (Å²) in [5.41, 5.74) is 2.97. The molecule has 170 valence electrons. The van der Waals surface area contributed by atoms with Gasteiger partial charge in [-0.05, 0) is 13.8 Å². The predicted octanol–water partition coefficient (Wildman–Crippen LogP) is 2.62. The standard InChI is InChI=1S/C21H23N9O3/c1-12(2)25-21(31)33-14-5-17(32-10-14)16-6-18(29-28-16)27-20-26-15(13-8-22-11-23-9-13)7-19-24-3-4-30(19)20/h3-4,6-9,11-12,14,17H,5,10H2,1-2H3,(H,25,31)(H2,26,27,28,29). The smallest absolute Gasteiger partial charge is 0.407 e. The summed E-state index contributed by atoms with van der Waals surface area (Å²) >= 11 is 0. The number of fused-ring (bicyclic) bond motifs is 1. The normalized spacial score (nSPS) is 18.0. The minimum Gasteiger partial charge on any atom is -0.444 e. The molecule has 3 N–H and O–H groups in total. The van der Waals surface area contributed by atoms with Gasteiger partial charge in [0.25, 0.3) is 0 Å². The number of anilines is 2. The van der Waals surface area contributed by atoms with Crippen molar-refractivity contribution in [2.24, 2.45) is 0 Å². The number of aromatic nitrogens is 7. The van der Waals surface area contributed by atoms with E-state index in [0.717, 1.165) is 16.9 Å². The third-order valence-corrected chi connectivity index (χ3v) is 5.07. The van der Waals surface area contributed by atoms with Crippen LogP contribution in [0.15, 0.2) is 43.2 Å². The Kier molecular flexibility index (Phi) is 5.57. The van der Waals surface area contributed by atoms with Crippen LogP contribution in [0.4, 0.5) is 16.6 Å². The molecule has 12 nitrogen and oxygen atoms in total. The zero-order valence-corrected chi connectivity index (χ0v) is 18.1. The first kappa shape index (κ1) is 20.8. The van der Waals surface area contributed by atoms with Crippen molar-refractivity contribution in [1.82, 2.24) is 39.9 Å². The molecule has 1 aliphatic heterocycles. The molecule has 2 unspecified atom stereocenters. The lowest BCUT2D eigenvalue weighted by atomic mass is 10.1. The summed E-state index contributed by atoms with van der Waals surface area (Å²) in [6.07, 6.45) is 7.92. The number of hydrogen-bond acceptors (Lipinski definition) is 9. The largest absolute Gasteiger partial charge is 0.444 e. The summed E-state index contributed by atoms with van der Waals surface area (Å²) in [4.78, 5) is 29.0. The van der Waals surface area contributed by atoms with Crippen LogP contribution in [0.5, 0.6) is 0 Å². The third-order valence-electron chi connectivity index (χ3n) is 5.07. The molecule has 0 bridgehead atoms. The molecule has 5 rings (SSSR count). The molecule has 1 saturated heterocycles. The fourth-order valence-electron chi connectivity index (χ4n) is 3.59. The van der Waals surface area contributed by atoms with Gasteiger partial charge >= 0.3 is 6.09 Å². The average Bonchev–Trinajstić information content (AvgIpc) is 3.54. The topological polar surface area (TPSA) is 144 Å². The Morgan fingerprint density at radius 2 is 2.15 bits per heavy atom.